The number of benzene rings is 1. The maximum absolute atomic E-state index is 14.1. The highest BCUT2D eigenvalue weighted by molar-refractivity contribution is 9.10. The lowest BCUT2D eigenvalue weighted by atomic mass is 9.75. The second kappa shape index (κ2) is 6.96. The van der Waals surface area contributed by atoms with Gasteiger partial charge in [-0.25, -0.2) is 8.78 Å². The number of hydrazine groups is 1. The molecule has 0 amide bonds. The molecule has 0 radical (unpaired) electrons. The largest absolute Gasteiger partial charge is 0.271 e. The Hall–Kier alpha value is -0.520. The zero-order valence-electron chi connectivity index (χ0n) is 11.6. The molecular weight excluding hydrogens is 326 g/mol. The van der Waals surface area contributed by atoms with Crippen LogP contribution in [0.2, 0.25) is 0 Å². The summed E-state index contributed by atoms with van der Waals surface area (Å²) in [4.78, 5) is 0. The van der Waals surface area contributed by atoms with Crippen molar-refractivity contribution in [3.63, 3.8) is 0 Å². The molecule has 0 aliphatic heterocycles. The van der Waals surface area contributed by atoms with Crippen LogP contribution in [-0.4, -0.2) is 0 Å². The molecule has 112 valence electrons. The van der Waals surface area contributed by atoms with Crippen LogP contribution in [0.3, 0.4) is 0 Å². The van der Waals surface area contributed by atoms with Crippen molar-refractivity contribution >= 4 is 15.9 Å². The Morgan fingerprint density at radius 2 is 2.00 bits per heavy atom. The Bertz CT molecular complexity index is 444. The van der Waals surface area contributed by atoms with E-state index < -0.39 is 17.7 Å². The van der Waals surface area contributed by atoms with Crippen molar-refractivity contribution in [3.05, 3.63) is 33.8 Å². The lowest BCUT2D eigenvalue weighted by Crippen LogP contribution is -2.37. The molecular formula is C15H21BrF2N2. The van der Waals surface area contributed by atoms with E-state index in [2.05, 4.69) is 28.3 Å². The van der Waals surface area contributed by atoms with E-state index >= 15 is 0 Å². The third-order valence-electron chi connectivity index (χ3n) is 4.41. The van der Waals surface area contributed by atoms with Gasteiger partial charge in [0.25, 0.3) is 0 Å². The summed E-state index contributed by atoms with van der Waals surface area (Å²) in [6, 6.07) is 2.13. The van der Waals surface area contributed by atoms with E-state index in [0.717, 1.165) is 25.7 Å². The Morgan fingerprint density at radius 1 is 1.35 bits per heavy atom. The molecule has 0 spiro atoms. The molecule has 20 heavy (non-hydrogen) atoms. The standard InChI is InChI=1S/C15H21BrF2N2/c1-2-9-4-3-5-10(6-9)15(20-19)14-12(17)7-11(16)8-13(14)18/h7-10,15,20H,2-6,19H2,1H3. The summed E-state index contributed by atoms with van der Waals surface area (Å²) in [6.07, 6.45) is 5.34. The molecule has 1 saturated carbocycles. The van der Waals surface area contributed by atoms with Crippen molar-refractivity contribution in [1.82, 2.24) is 5.43 Å². The molecule has 0 bridgehead atoms. The highest BCUT2D eigenvalue weighted by Gasteiger charge is 2.31. The van der Waals surface area contributed by atoms with E-state index in [9.17, 15) is 8.78 Å². The predicted molar refractivity (Wildman–Crippen MR) is 79.9 cm³/mol. The van der Waals surface area contributed by atoms with Gasteiger partial charge in [0.05, 0.1) is 6.04 Å². The third-order valence-corrected chi connectivity index (χ3v) is 4.86. The van der Waals surface area contributed by atoms with Crippen molar-refractivity contribution in [2.75, 3.05) is 0 Å². The fourth-order valence-corrected chi connectivity index (χ4v) is 3.71. The molecule has 1 aliphatic rings. The van der Waals surface area contributed by atoms with Gasteiger partial charge in [-0.05, 0) is 36.8 Å². The molecule has 2 nitrogen and oxygen atoms in total. The van der Waals surface area contributed by atoms with E-state index in [4.69, 9.17) is 5.84 Å². The SMILES string of the molecule is CCC1CCCC(C(NN)c2c(F)cc(Br)cc2F)C1. The predicted octanol–water partition coefficient (Wildman–Crippen LogP) is 4.45. The third kappa shape index (κ3) is 3.38. The van der Waals surface area contributed by atoms with E-state index in [1.54, 1.807) is 0 Å². The van der Waals surface area contributed by atoms with Crippen molar-refractivity contribution in [2.24, 2.45) is 17.7 Å². The lowest BCUT2D eigenvalue weighted by molar-refractivity contribution is 0.204. The van der Waals surface area contributed by atoms with E-state index in [1.165, 1.54) is 18.6 Å². The molecule has 1 aromatic carbocycles. The van der Waals surface area contributed by atoms with Crippen LogP contribution in [0.4, 0.5) is 8.78 Å². The molecule has 1 aromatic rings. The minimum Gasteiger partial charge on any atom is -0.271 e. The Morgan fingerprint density at radius 3 is 2.55 bits per heavy atom. The Labute approximate surface area is 127 Å². The summed E-state index contributed by atoms with van der Waals surface area (Å²) in [7, 11) is 0. The summed E-state index contributed by atoms with van der Waals surface area (Å²) >= 11 is 3.10. The summed E-state index contributed by atoms with van der Waals surface area (Å²) in [6.45, 7) is 2.17. The summed E-state index contributed by atoms with van der Waals surface area (Å²) in [5, 5.41) is 0. The van der Waals surface area contributed by atoms with Gasteiger partial charge < -0.3 is 0 Å². The van der Waals surface area contributed by atoms with Gasteiger partial charge in [-0.2, -0.15) is 0 Å². The molecule has 3 unspecified atom stereocenters. The van der Waals surface area contributed by atoms with Crippen LogP contribution >= 0.6 is 15.9 Å². The van der Waals surface area contributed by atoms with Crippen LogP contribution in [0, 0.1) is 23.5 Å². The number of nitrogens with one attached hydrogen (secondary N) is 1. The number of hydrogen-bond donors (Lipinski definition) is 2. The zero-order valence-corrected chi connectivity index (χ0v) is 13.2. The van der Waals surface area contributed by atoms with Gasteiger partial charge in [-0.1, -0.05) is 42.1 Å². The van der Waals surface area contributed by atoms with E-state index in [0.29, 0.717) is 10.4 Å². The number of rotatable bonds is 4. The normalized spacial score (nSPS) is 24.6. The first-order valence-electron chi connectivity index (χ1n) is 7.17. The summed E-state index contributed by atoms with van der Waals surface area (Å²) in [5.41, 5.74) is 2.71. The summed E-state index contributed by atoms with van der Waals surface area (Å²) < 4.78 is 28.6. The van der Waals surface area contributed by atoms with Crippen molar-refractivity contribution < 1.29 is 8.78 Å². The first-order chi connectivity index (χ1) is 9.56. The van der Waals surface area contributed by atoms with Gasteiger partial charge in [0.1, 0.15) is 11.6 Å². The maximum atomic E-state index is 14.1. The monoisotopic (exact) mass is 346 g/mol. The quantitative estimate of drug-likeness (QED) is 0.624. The number of nitrogens with two attached hydrogens (primary N) is 1. The van der Waals surface area contributed by atoms with Gasteiger partial charge in [0.15, 0.2) is 0 Å². The van der Waals surface area contributed by atoms with Gasteiger partial charge >= 0.3 is 0 Å². The minimum absolute atomic E-state index is 0.0671. The topological polar surface area (TPSA) is 38.0 Å². The van der Waals surface area contributed by atoms with Crippen LogP contribution < -0.4 is 11.3 Å². The molecule has 0 aromatic heterocycles. The van der Waals surface area contributed by atoms with Crippen molar-refractivity contribution in [3.8, 4) is 0 Å². The van der Waals surface area contributed by atoms with Gasteiger partial charge in [-0.3, -0.25) is 11.3 Å². The highest BCUT2D eigenvalue weighted by atomic mass is 79.9. The first-order valence-corrected chi connectivity index (χ1v) is 7.96. The van der Waals surface area contributed by atoms with E-state index in [-0.39, 0.29) is 11.5 Å². The average Bonchev–Trinajstić information content (AvgIpc) is 2.42. The molecule has 0 heterocycles. The van der Waals surface area contributed by atoms with E-state index in [1.807, 2.05) is 0 Å². The fraction of sp³-hybridized carbons (Fsp3) is 0.600. The van der Waals surface area contributed by atoms with Gasteiger partial charge in [0, 0.05) is 10.0 Å². The van der Waals surface area contributed by atoms with Crippen molar-refractivity contribution in [1.29, 1.82) is 0 Å². The molecule has 1 aliphatic carbocycles. The van der Waals surface area contributed by atoms with Crippen LogP contribution in [-0.2, 0) is 0 Å². The number of hydrogen-bond acceptors (Lipinski definition) is 2. The molecule has 3 atom stereocenters. The highest BCUT2D eigenvalue weighted by Crippen LogP contribution is 2.39. The average molecular weight is 347 g/mol. The first kappa shape index (κ1) is 15.9. The van der Waals surface area contributed by atoms with Crippen LogP contribution in [0.15, 0.2) is 16.6 Å². The Kier molecular flexibility index (Phi) is 5.52. The fourth-order valence-electron chi connectivity index (χ4n) is 3.31. The van der Waals surface area contributed by atoms with Crippen molar-refractivity contribution in [2.45, 2.75) is 45.1 Å². The molecule has 3 N–H and O–H groups in total. The maximum Gasteiger partial charge on any atom is 0.132 e. The Balaban J connectivity index is 2.28. The lowest BCUT2D eigenvalue weighted by Gasteiger charge is -2.34. The van der Waals surface area contributed by atoms with Gasteiger partial charge in [0.2, 0.25) is 0 Å². The molecule has 2 rings (SSSR count). The molecule has 0 saturated heterocycles. The smallest absolute Gasteiger partial charge is 0.132 e. The molecule has 1 fully saturated rings. The van der Waals surface area contributed by atoms with Crippen LogP contribution in [0.1, 0.15) is 50.6 Å². The second-order valence-corrected chi connectivity index (χ2v) is 6.54. The second-order valence-electron chi connectivity index (χ2n) is 5.63. The zero-order chi connectivity index (χ0) is 14.7. The van der Waals surface area contributed by atoms with Crippen LogP contribution in [0.25, 0.3) is 0 Å². The van der Waals surface area contributed by atoms with Crippen LogP contribution in [0.5, 0.6) is 0 Å². The minimum atomic E-state index is -0.543. The van der Waals surface area contributed by atoms with Gasteiger partial charge in [-0.15, -0.1) is 0 Å². The number of halogens is 3. The molecule has 5 heteroatoms. The summed E-state index contributed by atoms with van der Waals surface area (Å²) in [5.74, 6) is 5.33.